The molecule has 0 saturated carbocycles. The number of aryl methyl sites for hydroxylation is 2. The van der Waals surface area contributed by atoms with Crippen LogP contribution < -0.4 is 5.32 Å². The molecule has 0 aliphatic rings. The molecule has 1 aromatic carbocycles. The summed E-state index contributed by atoms with van der Waals surface area (Å²) >= 11 is 5.92. The second-order valence-electron chi connectivity index (χ2n) is 4.05. The van der Waals surface area contributed by atoms with Gasteiger partial charge in [-0.05, 0) is 37.1 Å². The zero-order chi connectivity index (χ0) is 13.1. The van der Waals surface area contributed by atoms with Crippen LogP contribution in [0.25, 0.3) is 0 Å². The largest absolute Gasteiger partial charge is 0.305 e. The summed E-state index contributed by atoms with van der Waals surface area (Å²) in [4.78, 5) is 12.0. The van der Waals surface area contributed by atoms with Crippen molar-refractivity contribution in [2.24, 2.45) is 0 Å². The number of aromatic amines is 1. The second kappa shape index (κ2) is 5.23. The number of aromatic nitrogens is 2. The fourth-order valence-electron chi connectivity index (χ4n) is 1.58. The summed E-state index contributed by atoms with van der Waals surface area (Å²) in [6.07, 6.45) is 0.850. The highest BCUT2D eigenvalue weighted by molar-refractivity contribution is 6.31. The van der Waals surface area contributed by atoms with E-state index in [0.717, 1.165) is 17.7 Å². The average molecular weight is 264 g/mol. The normalized spacial score (nSPS) is 10.4. The van der Waals surface area contributed by atoms with Crippen LogP contribution >= 0.6 is 11.6 Å². The third-order valence-corrected chi connectivity index (χ3v) is 3.10. The van der Waals surface area contributed by atoms with Crippen molar-refractivity contribution in [3.8, 4) is 0 Å². The van der Waals surface area contributed by atoms with Crippen molar-refractivity contribution in [2.75, 3.05) is 5.32 Å². The van der Waals surface area contributed by atoms with Gasteiger partial charge >= 0.3 is 0 Å². The molecule has 0 bridgehead atoms. The lowest BCUT2D eigenvalue weighted by atomic mass is 10.1. The molecule has 2 aromatic rings. The molecule has 1 heterocycles. The Hall–Kier alpha value is -1.81. The van der Waals surface area contributed by atoms with Crippen LogP contribution in [0.15, 0.2) is 24.3 Å². The zero-order valence-corrected chi connectivity index (χ0v) is 11.0. The Morgan fingerprint density at radius 3 is 2.83 bits per heavy atom. The maximum Gasteiger partial charge on any atom is 0.256 e. The summed E-state index contributed by atoms with van der Waals surface area (Å²) in [5, 5.41) is 10.2. The number of nitrogens with one attached hydrogen (secondary N) is 2. The maximum atomic E-state index is 12.0. The molecule has 0 atom stereocenters. The molecular weight excluding hydrogens is 250 g/mol. The summed E-state index contributed by atoms with van der Waals surface area (Å²) < 4.78 is 0. The standard InChI is InChI=1S/C13H14ClN3O/c1-3-10-7-12(17-16-10)15-13(18)9-4-5-11(14)8(2)6-9/h4-7H,3H2,1-2H3,(H2,15,16,17,18). The van der Waals surface area contributed by atoms with Crippen LogP contribution in [-0.2, 0) is 6.42 Å². The van der Waals surface area contributed by atoms with E-state index in [4.69, 9.17) is 11.6 Å². The van der Waals surface area contributed by atoms with Crippen LogP contribution in [0.2, 0.25) is 5.02 Å². The van der Waals surface area contributed by atoms with Crippen LogP contribution in [-0.4, -0.2) is 16.1 Å². The Bertz CT molecular complexity index is 577. The minimum absolute atomic E-state index is 0.191. The van der Waals surface area contributed by atoms with E-state index in [1.165, 1.54) is 0 Å². The predicted molar refractivity (Wildman–Crippen MR) is 72.1 cm³/mol. The Labute approximate surface area is 110 Å². The lowest BCUT2D eigenvalue weighted by Gasteiger charge is -2.04. The van der Waals surface area contributed by atoms with Crippen LogP contribution in [0.5, 0.6) is 0 Å². The first-order valence-corrected chi connectivity index (χ1v) is 6.09. The van der Waals surface area contributed by atoms with E-state index < -0.39 is 0 Å². The molecule has 0 saturated heterocycles. The highest BCUT2D eigenvalue weighted by atomic mass is 35.5. The molecule has 2 N–H and O–H groups in total. The van der Waals surface area contributed by atoms with Crippen molar-refractivity contribution in [2.45, 2.75) is 20.3 Å². The quantitative estimate of drug-likeness (QED) is 0.894. The van der Waals surface area contributed by atoms with Gasteiger partial charge in [0.2, 0.25) is 0 Å². The highest BCUT2D eigenvalue weighted by Crippen LogP contribution is 2.17. The summed E-state index contributed by atoms with van der Waals surface area (Å²) in [5.41, 5.74) is 2.43. The van der Waals surface area contributed by atoms with Crippen LogP contribution in [0.1, 0.15) is 28.5 Å². The maximum absolute atomic E-state index is 12.0. The molecule has 5 heteroatoms. The van der Waals surface area contributed by atoms with E-state index in [9.17, 15) is 4.79 Å². The fourth-order valence-corrected chi connectivity index (χ4v) is 1.70. The van der Waals surface area contributed by atoms with E-state index in [-0.39, 0.29) is 5.91 Å². The van der Waals surface area contributed by atoms with Gasteiger partial charge in [0.25, 0.3) is 5.91 Å². The number of rotatable bonds is 3. The van der Waals surface area contributed by atoms with E-state index in [1.807, 2.05) is 19.9 Å². The number of anilines is 1. The van der Waals surface area contributed by atoms with Crippen LogP contribution in [0, 0.1) is 6.92 Å². The Kier molecular flexibility index (Phi) is 3.67. The average Bonchev–Trinajstić information content (AvgIpc) is 2.80. The summed E-state index contributed by atoms with van der Waals surface area (Å²) in [6, 6.07) is 6.98. The molecule has 1 amide bonds. The number of hydrogen-bond acceptors (Lipinski definition) is 2. The smallest absolute Gasteiger partial charge is 0.256 e. The van der Waals surface area contributed by atoms with Gasteiger partial charge in [0.15, 0.2) is 5.82 Å². The molecule has 18 heavy (non-hydrogen) atoms. The van der Waals surface area contributed by atoms with Crippen molar-refractivity contribution in [1.82, 2.24) is 10.2 Å². The van der Waals surface area contributed by atoms with Crippen molar-refractivity contribution in [3.05, 3.63) is 46.1 Å². The fraction of sp³-hybridized carbons (Fsp3) is 0.231. The number of amides is 1. The number of halogens is 1. The Morgan fingerprint density at radius 2 is 2.22 bits per heavy atom. The van der Waals surface area contributed by atoms with Crippen molar-refractivity contribution < 1.29 is 4.79 Å². The number of carbonyl (C=O) groups is 1. The van der Waals surface area contributed by atoms with E-state index in [1.54, 1.807) is 18.2 Å². The zero-order valence-electron chi connectivity index (χ0n) is 10.2. The lowest BCUT2D eigenvalue weighted by Crippen LogP contribution is -2.12. The summed E-state index contributed by atoms with van der Waals surface area (Å²) in [5.74, 6) is 0.341. The lowest BCUT2D eigenvalue weighted by molar-refractivity contribution is 0.102. The van der Waals surface area contributed by atoms with Gasteiger partial charge in [0.1, 0.15) is 0 Å². The molecule has 0 aliphatic carbocycles. The minimum atomic E-state index is -0.191. The Morgan fingerprint density at radius 1 is 1.44 bits per heavy atom. The third kappa shape index (κ3) is 2.71. The highest BCUT2D eigenvalue weighted by Gasteiger charge is 2.09. The molecule has 2 rings (SSSR count). The topological polar surface area (TPSA) is 57.8 Å². The molecule has 94 valence electrons. The van der Waals surface area contributed by atoms with Gasteiger partial charge in [0.05, 0.1) is 0 Å². The first kappa shape index (κ1) is 12.6. The molecule has 4 nitrogen and oxygen atoms in total. The summed E-state index contributed by atoms with van der Waals surface area (Å²) in [7, 11) is 0. The number of nitrogens with zero attached hydrogens (tertiary/aromatic N) is 1. The Balaban J connectivity index is 2.14. The summed E-state index contributed by atoms with van der Waals surface area (Å²) in [6.45, 7) is 3.88. The second-order valence-corrected chi connectivity index (χ2v) is 4.46. The number of hydrogen-bond donors (Lipinski definition) is 2. The number of H-pyrrole nitrogens is 1. The SMILES string of the molecule is CCc1cc(NC(=O)c2ccc(Cl)c(C)c2)n[nH]1. The monoisotopic (exact) mass is 263 g/mol. The van der Waals surface area contributed by atoms with Gasteiger partial charge in [-0.2, -0.15) is 5.10 Å². The number of carbonyl (C=O) groups excluding carboxylic acids is 1. The van der Waals surface area contributed by atoms with E-state index in [0.29, 0.717) is 16.4 Å². The third-order valence-electron chi connectivity index (χ3n) is 2.67. The molecule has 0 fully saturated rings. The van der Waals surface area contributed by atoms with Crippen LogP contribution in [0.4, 0.5) is 5.82 Å². The van der Waals surface area contributed by atoms with Gasteiger partial charge in [-0.1, -0.05) is 18.5 Å². The van der Waals surface area contributed by atoms with E-state index in [2.05, 4.69) is 15.5 Å². The van der Waals surface area contributed by atoms with Crippen LogP contribution in [0.3, 0.4) is 0 Å². The molecule has 0 spiro atoms. The number of benzene rings is 1. The molecule has 0 unspecified atom stereocenters. The van der Waals surface area contributed by atoms with Gasteiger partial charge in [-0.25, -0.2) is 0 Å². The van der Waals surface area contributed by atoms with Gasteiger partial charge < -0.3 is 5.32 Å². The molecule has 1 aromatic heterocycles. The van der Waals surface area contributed by atoms with Gasteiger partial charge in [-0.15, -0.1) is 0 Å². The van der Waals surface area contributed by atoms with Crippen molar-refractivity contribution in [1.29, 1.82) is 0 Å². The van der Waals surface area contributed by atoms with E-state index >= 15 is 0 Å². The van der Waals surface area contributed by atoms with Crippen molar-refractivity contribution >= 4 is 23.3 Å². The molecule has 0 aliphatic heterocycles. The van der Waals surface area contributed by atoms with Crippen molar-refractivity contribution in [3.63, 3.8) is 0 Å². The first-order chi connectivity index (χ1) is 8.60. The first-order valence-electron chi connectivity index (χ1n) is 5.72. The van der Waals surface area contributed by atoms with Gasteiger partial charge in [0, 0.05) is 22.3 Å². The molecular formula is C13H14ClN3O. The van der Waals surface area contributed by atoms with Gasteiger partial charge in [-0.3, -0.25) is 9.89 Å². The minimum Gasteiger partial charge on any atom is -0.305 e. The predicted octanol–water partition coefficient (Wildman–Crippen LogP) is 3.19. The molecule has 0 radical (unpaired) electrons.